The highest BCUT2D eigenvalue weighted by molar-refractivity contribution is 9.10. The van der Waals surface area contributed by atoms with Crippen molar-refractivity contribution < 1.29 is 9.18 Å². The average Bonchev–Trinajstić information content (AvgIpc) is 2.99. The number of amides is 1. The van der Waals surface area contributed by atoms with Gasteiger partial charge in [0.15, 0.2) is 5.84 Å². The summed E-state index contributed by atoms with van der Waals surface area (Å²) in [4.78, 5) is 19.1. The quantitative estimate of drug-likeness (QED) is 0.484. The fraction of sp³-hybridized carbons (Fsp3) is 0.0435. The van der Waals surface area contributed by atoms with Crippen LogP contribution >= 0.6 is 15.9 Å². The number of carbonyl (C=O) groups is 1. The first kappa shape index (κ1) is 18.3. The van der Waals surface area contributed by atoms with Gasteiger partial charge in [0.05, 0.1) is 11.3 Å². The molecule has 5 heteroatoms. The van der Waals surface area contributed by atoms with E-state index in [0.717, 1.165) is 15.6 Å². The zero-order chi connectivity index (χ0) is 19.7. The molecule has 0 saturated carbocycles. The van der Waals surface area contributed by atoms with Crippen molar-refractivity contribution in [2.45, 2.75) is 6.92 Å². The average molecular weight is 435 g/mol. The van der Waals surface area contributed by atoms with Gasteiger partial charge < -0.3 is 0 Å². The van der Waals surface area contributed by atoms with Crippen LogP contribution in [0.1, 0.15) is 16.7 Å². The first-order chi connectivity index (χ1) is 13.5. The van der Waals surface area contributed by atoms with Gasteiger partial charge in [0, 0.05) is 4.47 Å². The Morgan fingerprint density at radius 1 is 1.00 bits per heavy atom. The molecule has 4 rings (SSSR count). The van der Waals surface area contributed by atoms with Crippen molar-refractivity contribution in [2.24, 2.45) is 4.99 Å². The van der Waals surface area contributed by atoms with Crippen LogP contribution in [0.4, 0.5) is 10.1 Å². The minimum absolute atomic E-state index is 0.261. The lowest BCUT2D eigenvalue weighted by Crippen LogP contribution is -2.33. The molecule has 0 N–H and O–H groups in total. The number of halogens is 2. The molecule has 0 aliphatic carbocycles. The highest BCUT2D eigenvalue weighted by Crippen LogP contribution is 2.29. The number of benzene rings is 3. The normalized spacial score (nSPS) is 15.2. The Kier molecular flexibility index (Phi) is 4.92. The summed E-state index contributed by atoms with van der Waals surface area (Å²) >= 11 is 3.43. The van der Waals surface area contributed by atoms with Gasteiger partial charge in [-0.15, -0.1) is 0 Å². The molecule has 0 radical (unpaired) electrons. The second-order valence-electron chi connectivity index (χ2n) is 6.48. The van der Waals surface area contributed by atoms with Crippen LogP contribution in [0.5, 0.6) is 0 Å². The van der Waals surface area contributed by atoms with Gasteiger partial charge in [-0.2, -0.15) is 0 Å². The van der Waals surface area contributed by atoms with Gasteiger partial charge in [-0.25, -0.2) is 9.38 Å². The van der Waals surface area contributed by atoms with E-state index in [2.05, 4.69) is 20.9 Å². The first-order valence-corrected chi connectivity index (χ1v) is 9.54. The Hall–Kier alpha value is -3.05. The van der Waals surface area contributed by atoms with Crippen LogP contribution < -0.4 is 4.90 Å². The monoisotopic (exact) mass is 434 g/mol. The third kappa shape index (κ3) is 3.53. The lowest BCUT2D eigenvalue weighted by molar-refractivity contribution is -0.113. The smallest absolute Gasteiger partial charge is 0.266 e. The third-order valence-corrected chi connectivity index (χ3v) is 4.91. The van der Waals surface area contributed by atoms with Gasteiger partial charge in [-0.05, 0) is 55.0 Å². The zero-order valence-electron chi connectivity index (χ0n) is 15.1. The Morgan fingerprint density at radius 3 is 2.46 bits per heavy atom. The van der Waals surface area contributed by atoms with Crippen molar-refractivity contribution in [3.05, 3.63) is 105 Å². The predicted molar refractivity (Wildman–Crippen MR) is 114 cm³/mol. The second-order valence-corrected chi connectivity index (χ2v) is 7.39. The molecule has 0 atom stereocenters. The van der Waals surface area contributed by atoms with E-state index in [4.69, 9.17) is 0 Å². The fourth-order valence-electron chi connectivity index (χ4n) is 3.03. The molecule has 1 aliphatic rings. The minimum atomic E-state index is -0.421. The van der Waals surface area contributed by atoms with Gasteiger partial charge in [0.2, 0.25) is 0 Å². The van der Waals surface area contributed by atoms with E-state index < -0.39 is 5.82 Å². The number of rotatable bonds is 3. The molecule has 0 fully saturated rings. The Balaban J connectivity index is 1.85. The molecule has 1 aliphatic heterocycles. The molecule has 0 aromatic heterocycles. The van der Waals surface area contributed by atoms with Crippen LogP contribution in [0.15, 0.2) is 88.0 Å². The molecule has 1 heterocycles. The molecule has 138 valence electrons. The molecule has 0 unspecified atom stereocenters. The maximum atomic E-state index is 14.5. The van der Waals surface area contributed by atoms with E-state index in [1.165, 1.54) is 11.0 Å². The largest absolute Gasteiger partial charge is 0.282 e. The number of anilines is 1. The number of hydrogen-bond acceptors (Lipinski definition) is 2. The van der Waals surface area contributed by atoms with Crippen molar-refractivity contribution in [1.82, 2.24) is 0 Å². The van der Waals surface area contributed by atoms with Crippen LogP contribution in [0.25, 0.3) is 6.08 Å². The van der Waals surface area contributed by atoms with Crippen LogP contribution in [0.3, 0.4) is 0 Å². The highest BCUT2D eigenvalue weighted by Gasteiger charge is 2.33. The highest BCUT2D eigenvalue weighted by atomic mass is 79.9. The SMILES string of the molecule is Cc1ccc(N2C(=O)/C(=C\c3cccc(Br)c3)N=C2c2ccccc2F)cc1. The third-order valence-electron chi connectivity index (χ3n) is 4.42. The standard InChI is InChI=1S/C23H16BrFN2O/c1-15-9-11-18(12-10-15)27-22(19-7-2-3-8-20(19)25)26-21(23(27)28)14-16-5-4-6-17(24)13-16/h2-14H,1H3/b21-14+. The molecule has 0 bridgehead atoms. The molecule has 3 nitrogen and oxygen atoms in total. The molecule has 28 heavy (non-hydrogen) atoms. The fourth-order valence-corrected chi connectivity index (χ4v) is 3.44. The van der Waals surface area contributed by atoms with Crippen molar-refractivity contribution in [2.75, 3.05) is 4.90 Å². The summed E-state index contributed by atoms with van der Waals surface area (Å²) in [6.07, 6.45) is 1.71. The van der Waals surface area contributed by atoms with Crippen molar-refractivity contribution in [1.29, 1.82) is 0 Å². The second kappa shape index (κ2) is 7.52. The van der Waals surface area contributed by atoms with Crippen LogP contribution in [-0.2, 0) is 4.79 Å². The van der Waals surface area contributed by atoms with Crippen molar-refractivity contribution in [3.8, 4) is 0 Å². The number of carbonyl (C=O) groups excluding carboxylic acids is 1. The predicted octanol–water partition coefficient (Wildman–Crippen LogP) is 5.73. The van der Waals surface area contributed by atoms with Crippen LogP contribution in [-0.4, -0.2) is 11.7 Å². The molecule has 3 aromatic rings. The number of hydrogen-bond donors (Lipinski definition) is 0. The van der Waals surface area contributed by atoms with Crippen molar-refractivity contribution >= 4 is 39.4 Å². The minimum Gasteiger partial charge on any atom is -0.266 e. The summed E-state index contributed by atoms with van der Waals surface area (Å²) < 4.78 is 15.4. The number of aryl methyl sites for hydroxylation is 1. The van der Waals surface area contributed by atoms with E-state index in [-0.39, 0.29) is 23.0 Å². The zero-order valence-corrected chi connectivity index (χ0v) is 16.7. The Labute approximate surface area is 171 Å². The van der Waals surface area contributed by atoms with Gasteiger partial charge in [-0.3, -0.25) is 9.69 Å². The van der Waals surface area contributed by atoms with E-state index in [0.29, 0.717) is 5.69 Å². The van der Waals surface area contributed by atoms with Gasteiger partial charge in [0.25, 0.3) is 5.91 Å². The van der Waals surface area contributed by atoms with Crippen LogP contribution in [0.2, 0.25) is 0 Å². The lowest BCUT2D eigenvalue weighted by Gasteiger charge is -2.19. The summed E-state index contributed by atoms with van der Waals surface area (Å²) in [5, 5.41) is 0. The van der Waals surface area contributed by atoms with Crippen LogP contribution in [0, 0.1) is 12.7 Å². The van der Waals surface area contributed by atoms with E-state index in [1.807, 2.05) is 55.5 Å². The molecule has 1 amide bonds. The number of aliphatic imine (C=N–C) groups is 1. The molecule has 0 saturated heterocycles. The first-order valence-electron chi connectivity index (χ1n) is 8.75. The van der Waals surface area contributed by atoms with Gasteiger partial charge in [-0.1, -0.05) is 57.9 Å². The maximum Gasteiger partial charge on any atom is 0.282 e. The summed E-state index contributed by atoms with van der Waals surface area (Å²) in [7, 11) is 0. The Bertz CT molecular complexity index is 1120. The summed E-state index contributed by atoms with van der Waals surface area (Å²) in [5.41, 5.74) is 3.10. The van der Waals surface area contributed by atoms with E-state index in [1.54, 1.807) is 24.3 Å². The lowest BCUT2D eigenvalue weighted by atomic mass is 10.1. The number of amidine groups is 1. The van der Waals surface area contributed by atoms with Gasteiger partial charge in [0.1, 0.15) is 11.5 Å². The Morgan fingerprint density at radius 2 is 1.75 bits per heavy atom. The summed E-state index contributed by atoms with van der Waals surface area (Å²) in [6, 6.07) is 21.4. The summed E-state index contributed by atoms with van der Waals surface area (Å²) in [6.45, 7) is 1.97. The molecule has 3 aromatic carbocycles. The molecular formula is C23H16BrFN2O. The topological polar surface area (TPSA) is 32.7 Å². The van der Waals surface area contributed by atoms with E-state index in [9.17, 15) is 9.18 Å². The molecular weight excluding hydrogens is 419 g/mol. The van der Waals surface area contributed by atoms with E-state index >= 15 is 0 Å². The maximum absolute atomic E-state index is 14.5. The van der Waals surface area contributed by atoms with Crippen molar-refractivity contribution in [3.63, 3.8) is 0 Å². The van der Waals surface area contributed by atoms with Gasteiger partial charge >= 0.3 is 0 Å². The summed E-state index contributed by atoms with van der Waals surface area (Å²) in [5.74, 6) is -0.426. The molecule has 0 spiro atoms. The number of nitrogens with zero attached hydrogens (tertiary/aromatic N) is 2.